The summed E-state index contributed by atoms with van der Waals surface area (Å²) in [4.78, 5) is 36.7. The maximum absolute atomic E-state index is 12.2. The summed E-state index contributed by atoms with van der Waals surface area (Å²) in [7, 11) is 0. The molecule has 2 atom stereocenters. The van der Waals surface area contributed by atoms with E-state index in [0.29, 0.717) is 24.0 Å². The molecule has 2 amide bonds. The number of carbonyl (C=O) groups is 3. The molecule has 2 heterocycles. The van der Waals surface area contributed by atoms with Crippen LogP contribution in [0.15, 0.2) is 24.3 Å². The van der Waals surface area contributed by atoms with Crippen molar-refractivity contribution in [1.82, 2.24) is 4.90 Å². The number of carbonyl (C=O) groups excluding carboxylic acids is 3. The van der Waals surface area contributed by atoms with Gasteiger partial charge in [-0.2, -0.15) is 0 Å². The molecule has 2 aliphatic heterocycles. The molecule has 1 unspecified atom stereocenters. The second-order valence-electron chi connectivity index (χ2n) is 5.30. The van der Waals surface area contributed by atoms with Gasteiger partial charge in [-0.15, -0.1) is 0 Å². The van der Waals surface area contributed by atoms with Crippen LogP contribution < -0.4 is 0 Å². The second kappa shape index (κ2) is 5.29. The number of aliphatic hydroxyl groups is 1. The van der Waals surface area contributed by atoms with E-state index in [1.807, 2.05) is 0 Å². The maximum atomic E-state index is 12.2. The molecule has 0 saturated carbocycles. The summed E-state index contributed by atoms with van der Waals surface area (Å²) in [5, 5.41) is 9.54. The molecule has 110 valence electrons. The first-order chi connectivity index (χ1) is 10.1. The Balaban J connectivity index is 1.66. The van der Waals surface area contributed by atoms with E-state index in [1.54, 1.807) is 24.3 Å². The fourth-order valence-corrected chi connectivity index (χ4v) is 2.75. The number of esters is 1. The van der Waals surface area contributed by atoms with Crippen molar-refractivity contribution in [3.05, 3.63) is 35.4 Å². The summed E-state index contributed by atoms with van der Waals surface area (Å²) in [6.07, 6.45) is -0.476. The molecule has 1 aromatic rings. The average Bonchev–Trinajstić information content (AvgIpc) is 2.69. The predicted octanol–water partition coefficient (Wildman–Crippen LogP) is 0.739. The third-order valence-corrected chi connectivity index (χ3v) is 3.79. The maximum Gasteiger partial charge on any atom is 0.308 e. The largest absolute Gasteiger partial charge is 0.462 e. The van der Waals surface area contributed by atoms with Gasteiger partial charge in [0.25, 0.3) is 11.8 Å². The van der Waals surface area contributed by atoms with Crippen LogP contribution in [0.25, 0.3) is 0 Å². The second-order valence-corrected chi connectivity index (χ2v) is 5.30. The number of amides is 2. The van der Waals surface area contributed by atoms with E-state index in [1.165, 1.54) is 4.90 Å². The van der Waals surface area contributed by atoms with E-state index in [9.17, 15) is 19.5 Å². The first kappa shape index (κ1) is 13.8. The molecular formula is C15H15NO5. The summed E-state index contributed by atoms with van der Waals surface area (Å²) < 4.78 is 5.12. The molecule has 21 heavy (non-hydrogen) atoms. The van der Waals surface area contributed by atoms with Gasteiger partial charge in [0, 0.05) is 19.4 Å². The summed E-state index contributed by atoms with van der Waals surface area (Å²) in [5.74, 6) is -1.09. The van der Waals surface area contributed by atoms with Gasteiger partial charge >= 0.3 is 5.97 Å². The van der Waals surface area contributed by atoms with Gasteiger partial charge < -0.3 is 9.84 Å². The molecule has 1 N–H and O–H groups in total. The number of rotatable bonds is 3. The SMILES string of the molecule is O=C1C[C@H](O)CC(CCN2C(=O)c3ccccc3C2=O)O1. The van der Waals surface area contributed by atoms with Crippen molar-refractivity contribution in [3.63, 3.8) is 0 Å². The molecule has 0 spiro atoms. The van der Waals surface area contributed by atoms with Crippen LogP contribution in [-0.4, -0.2) is 46.5 Å². The third kappa shape index (κ3) is 2.54. The average molecular weight is 289 g/mol. The molecule has 0 bridgehead atoms. The normalized spacial score (nSPS) is 25.0. The molecule has 0 radical (unpaired) electrons. The summed E-state index contributed by atoms with van der Waals surface area (Å²) in [6.45, 7) is 0.178. The van der Waals surface area contributed by atoms with Crippen molar-refractivity contribution < 1.29 is 24.2 Å². The van der Waals surface area contributed by atoms with Gasteiger partial charge in [0.05, 0.1) is 23.7 Å². The van der Waals surface area contributed by atoms with Gasteiger partial charge in [0.1, 0.15) is 6.10 Å². The van der Waals surface area contributed by atoms with Gasteiger partial charge in [-0.05, 0) is 12.1 Å². The van der Waals surface area contributed by atoms with Crippen LogP contribution in [0.3, 0.4) is 0 Å². The van der Waals surface area contributed by atoms with E-state index in [0.717, 1.165) is 0 Å². The zero-order chi connectivity index (χ0) is 15.0. The van der Waals surface area contributed by atoms with Crippen LogP contribution in [0, 0.1) is 0 Å². The zero-order valence-electron chi connectivity index (χ0n) is 11.3. The fraction of sp³-hybridized carbons (Fsp3) is 0.400. The van der Waals surface area contributed by atoms with E-state index in [-0.39, 0.29) is 24.8 Å². The lowest BCUT2D eigenvalue weighted by atomic mass is 10.0. The fourth-order valence-electron chi connectivity index (χ4n) is 2.75. The minimum atomic E-state index is -0.710. The molecule has 1 saturated heterocycles. The van der Waals surface area contributed by atoms with Crippen LogP contribution in [0.1, 0.15) is 40.0 Å². The molecule has 6 nitrogen and oxygen atoms in total. The number of hydrogen-bond donors (Lipinski definition) is 1. The van der Waals surface area contributed by atoms with Crippen molar-refractivity contribution in [1.29, 1.82) is 0 Å². The van der Waals surface area contributed by atoms with Gasteiger partial charge in [-0.25, -0.2) is 0 Å². The molecule has 0 aliphatic carbocycles. The lowest BCUT2D eigenvalue weighted by Crippen LogP contribution is -2.37. The number of ether oxygens (including phenoxy) is 1. The number of benzene rings is 1. The smallest absolute Gasteiger partial charge is 0.308 e. The number of cyclic esters (lactones) is 1. The van der Waals surface area contributed by atoms with Crippen LogP contribution in [-0.2, 0) is 9.53 Å². The molecule has 1 aromatic carbocycles. The number of nitrogens with zero attached hydrogens (tertiary/aromatic N) is 1. The molecule has 0 aromatic heterocycles. The molecule has 3 rings (SSSR count). The van der Waals surface area contributed by atoms with Crippen molar-refractivity contribution in [2.24, 2.45) is 0 Å². The summed E-state index contributed by atoms with van der Waals surface area (Å²) in [6, 6.07) is 6.68. The number of hydrogen-bond acceptors (Lipinski definition) is 5. The first-order valence-electron chi connectivity index (χ1n) is 6.89. The van der Waals surface area contributed by atoms with Gasteiger partial charge in [-0.1, -0.05) is 12.1 Å². The van der Waals surface area contributed by atoms with E-state index in [4.69, 9.17) is 4.74 Å². The van der Waals surface area contributed by atoms with Crippen molar-refractivity contribution in [3.8, 4) is 0 Å². The Morgan fingerprint density at radius 3 is 2.33 bits per heavy atom. The minimum absolute atomic E-state index is 0.00349. The highest BCUT2D eigenvalue weighted by atomic mass is 16.5. The Labute approximate surface area is 121 Å². The van der Waals surface area contributed by atoms with Gasteiger partial charge in [0.2, 0.25) is 0 Å². The lowest BCUT2D eigenvalue weighted by molar-refractivity contribution is -0.160. The van der Waals surface area contributed by atoms with Crippen molar-refractivity contribution in [2.45, 2.75) is 31.5 Å². The van der Waals surface area contributed by atoms with Crippen molar-refractivity contribution >= 4 is 17.8 Å². The van der Waals surface area contributed by atoms with E-state index < -0.39 is 18.2 Å². The summed E-state index contributed by atoms with van der Waals surface area (Å²) >= 11 is 0. The van der Waals surface area contributed by atoms with Gasteiger partial charge in [0.15, 0.2) is 0 Å². The zero-order valence-corrected chi connectivity index (χ0v) is 11.3. The Hall–Kier alpha value is -2.21. The Morgan fingerprint density at radius 1 is 1.14 bits per heavy atom. The quantitative estimate of drug-likeness (QED) is 0.655. The topological polar surface area (TPSA) is 83.9 Å². The van der Waals surface area contributed by atoms with Gasteiger partial charge in [-0.3, -0.25) is 19.3 Å². The third-order valence-electron chi connectivity index (χ3n) is 3.79. The Kier molecular flexibility index (Phi) is 3.47. The van der Waals surface area contributed by atoms with Crippen LogP contribution in [0.5, 0.6) is 0 Å². The Bertz CT molecular complexity index is 577. The van der Waals surface area contributed by atoms with Crippen LogP contribution in [0.4, 0.5) is 0 Å². The summed E-state index contributed by atoms with van der Waals surface area (Å²) in [5.41, 5.74) is 0.811. The number of aliphatic hydroxyl groups excluding tert-OH is 1. The minimum Gasteiger partial charge on any atom is -0.462 e. The highest BCUT2D eigenvalue weighted by Gasteiger charge is 2.36. The number of imide groups is 1. The van der Waals surface area contributed by atoms with E-state index >= 15 is 0 Å². The monoisotopic (exact) mass is 289 g/mol. The highest BCUT2D eigenvalue weighted by Crippen LogP contribution is 2.24. The lowest BCUT2D eigenvalue weighted by Gasteiger charge is -2.27. The highest BCUT2D eigenvalue weighted by molar-refractivity contribution is 6.21. The van der Waals surface area contributed by atoms with Crippen molar-refractivity contribution in [2.75, 3.05) is 6.54 Å². The molecule has 2 aliphatic rings. The van der Waals surface area contributed by atoms with Crippen LogP contribution in [0.2, 0.25) is 0 Å². The number of fused-ring (bicyclic) bond motifs is 1. The molecule has 1 fully saturated rings. The predicted molar refractivity (Wildman–Crippen MR) is 71.5 cm³/mol. The first-order valence-corrected chi connectivity index (χ1v) is 6.89. The standard InChI is InChI=1S/C15H15NO5/c17-9-7-10(21-13(18)8-9)5-6-16-14(19)11-3-1-2-4-12(11)15(16)20/h1-4,9-10,17H,5-8H2/t9-,10?/m1/s1. The van der Waals surface area contributed by atoms with E-state index in [2.05, 4.69) is 0 Å². The molecular weight excluding hydrogens is 274 g/mol. The van der Waals surface area contributed by atoms with Crippen LogP contribution >= 0.6 is 0 Å². The Morgan fingerprint density at radius 2 is 1.76 bits per heavy atom. The molecule has 6 heteroatoms.